The molecule has 2 rings (SSSR count). The Hall–Kier alpha value is -0.830. The largest absolute Gasteiger partial charge is 0.335 e. The van der Waals surface area contributed by atoms with Crippen molar-refractivity contribution in [2.24, 2.45) is 5.41 Å². The van der Waals surface area contributed by atoms with E-state index in [0.29, 0.717) is 11.5 Å². The van der Waals surface area contributed by atoms with Gasteiger partial charge in [0.1, 0.15) is 5.82 Å². The first-order chi connectivity index (χ1) is 9.19. The van der Waals surface area contributed by atoms with Crippen LogP contribution in [-0.2, 0) is 13.0 Å². The molecular formula is C16H29N3. The minimum Gasteiger partial charge on any atom is -0.335 e. The Balaban J connectivity index is 2.11. The van der Waals surface area contributed by atoms with Crippen molar-refractivity contribution in [3.8, 4) is 0 Å². The van der Waals surface area contributed by atoms with E-state index >= 15 is 0 Å². The van der Waals surface area contributed by atoms with Gasteiger partial charge in [0.2, 0.25) is 0 Å². The third-order valence-corrected chi connectivity index (χ3v) is 4.82. The Labute approximate surface area is 117 Å². The van der Waals surface area contributed by atoms with Gasteiger partial charge in [-0.25, -0.2) is 4.98 Å². The summed E-state index contributed by atoms with van der Waals surface area (Å²) in [5, 5.41) is 3.73. The molecule has 1 heterocycles. The third-order valence-electron chi connectivity index (χ3n) is 4.82. The van der Waals surface area contributed by atoms with Gasteiger partial charge in [-0.1, -0.05) is 33.1 Å². The second-order valence-electron chi connectivity index (χ2n) is 6.16. The molecule has 1 aliphatic carbocycles. The van der Waals surface area contributed by atoms with Gasteiger partial charge in [-0.15, -0.1) is 0 Å². The Morgan fingerprint density at radius 3 is 2.68 bits per heavy atom. The molecule has 3 heteroatoms. The van der Waals surface area contributed by atoms with Gasteiger partial charge in [-0.05, 0) is 31.7 Å². The molecular weight excluding hydrogens is 234 g/mol. The maximum absolute atomic E-state index is 4.56. The van der Waals surface area contributed by atoms with E-state index in [1.165, 1.54) is 37.9 Å². The Bertz CT molecular complexity index is 377. The van der Waals surface area contributed by atoms with Crippen LogP contribution in [0, 0.1) is 5.41 Å². The fraction of sp³-hybridized carbons (Fsp3) is 0.812. The molecule has 0 spiro atoms. The van der Waals surface area contributed by atoms with E-state index in [-0.39, 0.29) is 0 Å². The molecule has 3 nitrogen and oxygen atoms in total. The molecule has 1 atom stereocenters. The van der Waals surface area contributed by atoms with Crippen molar-refractivity contribution in [1.82, 2.24) is 14.9 Å². The SMILES string of the molecule is CCNC(Cc1nccn1CC)C1(C)CCCCC1. The standard InChI is InChI=1S/C16H29N3/c1-4-17-14(16(3)9-7-6-8-10-16)13-15-18-11-12-19(15)5-2/h11-12,14,17H,4-10,13H2,1-3H3. The van der Waals surface area contributed by atoms with Crippen molar-refractivity contribution in [3.05, 3.63) is 18.2 Å². The van der Waals surface area contributed by atoms with Crippen LogP contribution in [0.15, 0.2) is 12.4 Å². The summed E-state index contributed by atoms with van der Waals surface area (Å²) in [6.45, 7) is 8.94. The van der Waals surface area contributed by atoms with Crippen molar-refractivity contribution in [2.75, 3.05) is 6.54 Å². The zero-order chi connectivity index (χ0) is 13.7. The molecule has 1 aromatic rings. The summed E-state index contributed by atoms with van der Waals surface area (Å²) in [6.07, 6.45) is 12.0. The number of rotatable bonds is 6. The fourth-order valence-corrected chi connectivity index (χ4v) is 3.52. The number of hydrogen-bond acceptors (Lipinski definition) is 2. The number of likely N-dealkylation sites (N-methyl/N-ethyl adjacent to an activating group) is 1. The van der Waals surface area contributed by atoms with Gasteiger partial charge in [-0.3, -0.25) is 0 Å². The summed E-state index contributed by atoms with van der Waals surface area (Å²) in [5.74, 6) is 1.24. The smallest absolute Gasteiger partial charge is 0.110 e. The van der Waals surface area contributed by atoms with Crippen molar-refractivity contribution in [1.29, 1.82) is 0 Å². The fourth-order valence-electron chi connectivity index (χ4n) is 3.52. The zero-order valence-electron chi connectivity index (χ0n) is 12.8. The van der Waals surface area contributed by atoms with Crippen LogP contribution in [-0.4, -0.2) is 22.1 Å². The highest BCUT2D eigenvalue weighted by atomic mass is 15.1. The molecule has 0 bridgehead atoms. The quantitative estimate of drug-likeness (QED) is 0.852. The Morgan fingerprint density at radius 2 is 2.05 bits per heavy atom. The molecule has 108 valence electrons. The van der Waals surface area contributed by atoms with Crippen LogP contribution >= 0.6 is 0 Å². The summed E-state index contributed by atoms with van der Waals surface area (Å²) in [7, 11) is 0. The van der Waals surface area contributed by atoms with Crippen LogP contribution in [0.2, 0.25) is 0 Å². The molecule has 0 aliphatic heterocycles. The second kappa shape index (κ2) is 6.56. The first kappa shape index (κ1) is 14.6. The zero-order valence-corrected chi connectivity index (χ0v) is 12.8. The average molecular weight is 263 g/mol. The minimum absolute atomic E-state index is 0.443. The van der Waals surface area contributed by atoms with Gasteiger partial charge in [0.15, 0.2) is 0 Å². The van der Waals surface area contributed by atoms with Crippen molar-refractivity contribution in [3.63, 3.8) is 0 Å². The number of hydrogen-bond donors (Lipinski definition) is 1. The van der Waals surface area contributed by atoms with E-state index in [9.17, 15) is 0 Å². The topological polar surface area (TPSA) is 29.9 Å². The monoisotopic (exact) mass is 263 g/mol. The van der Waals surface area contributed by atoms with Gasteiger partial charge in [-0.2, -0.15) is 0 Å². The van der Waals surface area contributed by atoms with Crippen molar-refractivity contribution in [2.45, 2.75) is 71.9 Å². The van der Waals surface area contributed by atoms with Gasteiger partial charge < -0.3 is 9.88 Å². The summed E-state index contributed by atoms with van der Waals surface area (Å²) in [4.78, 5) is 4.56. The summed E-state index contributed by atoms with van der Waals surface area (Å²) in [6, 6.07) is 0.561. The first-order valence-corrected chi connectivity index (χ1v) is 7.93. The normalized spacial score (nSPS) is 20.4. The van der Waals surface area contributed by atoms with Crippen LogP contribution in [0.1, 0.15) is 58.7 Å². The van der Waals surface area contributed by atoms with Crippen molar-refractivity contribution >= 4 is 0 Å². The highest BCUT2D eigenvalue weighted by molar-refractivity contribution is 5.00. The van der Waals surface area contributed by atoms with Gasteiger partial charge >= 0.3 is 0 Å². The molecule has 0 amide bonds. The van der Waals surface area contributed by atoms with Gasteiger partial charge in [0.25, 0.3) is 0 Å². The number of imidazole rings is 1. The van der Waals surface area contributed by atoms with Crippen LogP contribution in [0.5, 0.6) is 0 Å². The molecule has 0 saturated heterocycles. The predicted molar refractivity (Wildman–Crippen MR) is 80.3 cm³/mol. The molecule has 1 fully saturated rings. The Kier molecular flexibility index (Phi) is 5.03. The van der Waals surface area contributed by atoms with Crippen LogP contribution in [0.25, 0.3) is 0 Å². The third kappa shape index (κ3) is 3.38. The first-order valence-electron chi connectivity index (χ1n) is 7.93. The maximum atomic E-state index is 4.56. The summed E-state index contributed by atoms with van der Waals surface area (Å²) in [5.41, 5.74) is 0.443. The minimum atomic E-state index is 0.443. The highest BCUT2D eigenvalue weighted by Crippen LogP contribution is 2.39. The molecule has 0 aromatic carbocycles. The lowest BCUT2D eigenvalue weighted by molar-refractivity contribution is 0.143. The number of nitrogens with one attached hydrogen (secondary N) is 1. The van der Waals surface area contributed by atoms with E-state index < -0.39 is 0 Å². The van der Waals surface area contributed by atoms with E-state index in [2.05, 4.69) is 41.8 Å². The van der Waals surface area contributed by atoms with Gasteiger partial charge in [0, 0.05) is 31.4 Å². The van der Waals surface area contributed by atoms with Crippen LogP contribution < -0.4 is 5.32 Å². The van der Waals surface area contributed by atoms with Crippen LogP contribution in [0.3, 0.4) is 0 Å². The Morgan fingerprint density at radius 1 is 1.32 bits per heavy atom. The molecule has 1 aliphatic rings. The van der Waals surface area contributed by atoms with Gasteiger partial charge in [0.05, 0.1) is 0 Å². The molecule has 0 radical (unpaired) electrons. The highest BCUT2D eigenvalue weighted by Gasteiger charge is 2.35. The van der Waals surface area contributed by atoms with E-state index in [1.807, 2.05) is 6.20 Å². The number of aryl methyl sites for hydroxylation is 1. The molecule has 1 N–H and O–H groups in total. The lowest BCUT2D eigenvalue weighted by Gasteiger charge is -2.41. The second-order valence-corrected chi connectivity index (χ2v) is 6.16. The van der Waals surface area contributed by atoms with E-state index in [1.54, 1.807) is 0 Å². The summed E-state index contributed by atoms with van der Waals surface area (Å²) < 4.78 is 2.27. The number of nitrogens with zero attached hydrogens (tertiary/aromatic N) is 2. The lowest BCUT2D eigenvalue weighted by Crippen LogP contribution is -2.46. The van der Waals surface area contributed by atoms with E-state index in [4.69, 9.17) is 0 Å². The molecule has 1 saturated carbocycles. The summed E-state index contributed by atoms with van der Waals surface area (Å²) >= 11 is 0. The molecule has 1 unspecified atom stereocenters. The number of aromatic nitrogens is 2. The average Bonchev–Trinajstić information content (AvgIpc) is 2.86. The lowest BCUT2D eigenvalue weighted by atomic mass is 9.69. The molecule has 19 heavy (non-hydrogen) atoms. The predicted octanol–water partition coefficient (Wildman–Crippen LogP) is 3.39. The molecule has 1 aromatic heterocycles. The van der Waals surface area contributed by atoms with Crippen LogP contribution in [0.4, 0.5) is 0 Å². The van der Waals surface area contributed by atoms with Crippen molar-refractivity contribution < 1.29 is 0 Å². The maximum Gasteiger partial charge on any atom is 0.110 e. The van der Waals surface area contributed by atoms with E-state index in [0.717, 1.165) is 19.5 Å².